The molecule has 0 bridgehead atoms. The Morgan fingerprint density at radius 2 is 2.47 bits per heavy atom. The van der Waals surface area contributed by atoms with Gasteiger partial charge in [0.1, 0.15) is 11.5 Å². The zero-order valence-corrected chi connectivity index (χ0v) is 11.7. The number of hydrogen-bond acceptors (Lipinski definition) is 4. The Labute approximate surface area is 116 Å². The second-order valence-electron chi connectivity index (χ2n) is 5.40. The molecule has 1 aromatic rings. The van der Waals surface area contributed by atoms with Crippen molar-refractivity contribution >= 4 is 17.7 Å². The number of aromatic nitrogens is 2. The molecule has 3 heterocycles. The Balaban J connectivity index is 1.62. The molecule has 6 heteroatoms. The van der Waals surface area contributed by atoms with Gasteiger partial charge >= 0.3 is 0 Å². The highest BCUT2D eigenvalue weighted by Crippen LogP contribution is 2.27. The van der Waals surface area contributed by atoms with Crippen molar-refractivity contribution in [3.05, 3.63) is 17.7 Å². The number of carbonyl (C=O) groups is 1. The van der Waals surface area contributed by atoms with Crippen molar-refractivity contribution in [1.29, 1.82) is 0 Å². The van der Waals surface area contributed by atoms with Crippen molar-refractivity contribution in [2.75, 3.05) is 18.1 Å². The quantitative estimate of drug-likeness (QED) is 0.861. The molecule has 19 heavy (non-hydrogen) atoms. The molecule has 1 fully saturated rings. The van der Waals surface area contributed by atoms with Crippen LogP contribution >= 0.6 is 11.8 Å². The first kappa shape index (κ1) is 13.0. The summed E-state index contributed by atoms with van der Waals surface area (Å²) >= 11 is 1.73. The molecule has 0 spiro atoms. The van der Waals surface area contributed by atoms with Gasteiger partial charge in [0, 0.05) is 31.5 Å². The minimum atomic E-state index is -0.736. The first-order valence-corrected chi connectivity index (χ1v) is 7.96. The van der Waals surface area contributed by atoms with Gasteiger partial charge in [-0.15, -0.1) is 0 Å². The van der Waals surface area contributed by atoms with E-state index in [4.69, 9.17) is 0 Å². The van der Waals surface area contributed by atoms with Crippen LogP contribution < -0.4 is 5.32 Å². The van der Waals surface area contributed by atoms with Gasteiger partial charge in [0.15, 0.2) is 0 Å². The Morgan fingerprint density at radius 1 is 1.58 bits per heavy atom. The molecular formula is C13H19N3O2S. The summed E-state index contributed by atoms with van der Waals surface area (Å²) in [5.74, 6) is 2.50. The van der Waals surface area contributed by atoms with Gasteiger partial charge in [-0.1, -0.05) is 0 Å². The second kappa shape index (κ2) is 5.17. The van der Waals surface area contributed by atoms with Gasteiger partial charge in [-0.3, -0.25) is 4.79 Å². The highest BCUT2D eigenvalue weighted by Gasteiger charge is 2.32. The van der Waals surface area contributed by atoms with Crippen LogP contribution in [-0.4, -0.2) is 44.2 Å². The summed E-state index contributed by atoms with van der Waals surface area (Å²) < 4.78 is 2.07. The van der Waals surface area contributed by atoms with Gasteiger partial charge in [-0.25, -0.2) is 4.98 Å². The number of rotatable bonds is 3. The molecule has 1 saturated heterocycles. The fourth-order valence-corrected chi connectivity index (χ4v) is 3.89. The molecule has 0 aliphatic carbocycles. The Hall–Kier alpha value is -1.01. The fourth-order valence-electron chi connectivity index (χ4n) is 2.59. The molecule has 3 rings (SSSR count). The van der Waals surface area contributed by atoms with E-state index in [0.29, 0.717) is 18.0 Å². The van der Waals surface area contributed by atoms with E-state index >= 15 is 0 Å². The molecule has 104 valence electrons. The van der Waals surface area contributed by atoms with E-state index in [1.54, 1.807) is 11.8 Å². The molecule has 2 aliphatic heterocycles. The van der Waals surface area contributed by atoms with Crippen molar-refractivity contribution in [3.8, 4) is 0 Å². The third-order valence-electron chi connectivity index (χ3n) is 3.80. The maximum Gasteiger partial charge on any atom is 0.271 e. The number of aryl methyl sites for hydroxylation is 2. The van der Waals surface area contributed by atoms with Crippen molar-refractivity contribution in [3.63, 3.8) is 0 Å². The molecule has 2 aliphatic rings. The number of nitrogens with zero attached hydrogens (tertiary/aromatic N) is 2. The average molecular weight is 281 g/mol. The number of imidazole rings is 1. The van der Waals surface area contributed by atoms with Crippen LogP contribution in [-0.2, 0) is 13.0 Å². The topological polar surface area (TPSA) is 67.2 Å². The third-order valence-corrected chi connectivity index (χ3v) is 5.04. The largest absolute Gasteiger partial charge is 0.387 e. The minimum Gasteiger partial charge on any atom is -0.387 e. The maximum absolute atomic E-state index is 12.1. The molecule has 1 amide bonds. The van der Waals surface area contributed by atoms with E-state index in [2.05, 4.69) is 14.9 Å². The Kier molecular flexibility index (Phi) is 3.54. The first-order chi connectivity index (χ1) is 9.16. The molecule has 0 saturated carbocycles. The summed E-state index contributed by atoms with van der Waals surface area (Å²) in [4.78, 5) is 16.4. The number of thioether (sulfide) groups is 1. The smallest absolute Gasteiger partial charge is 0.271 e. The fraction of sp³-hybridized carbons (Fsp3) is 0.692. The first-order valence-electron chi connectivity index (χ1n) is 6.81. The number of fused-ring (bicyclic) bond motifs is 1. The third kappa shape index (κ3) is 2.79. The van der Waals surface area contributed by atoms with Crippen LogP contribution in [0.25, 0.3) is 0 Å². The maximum atomic E-state index is 12.1. The van der Waals surface area contributed by atoms with E-state index in [-0.39, 0.29) is 5.91 Å². The lowest BCUT2D eigenvalue weighted by molar-refractivity contribution is 0.0611. The van der Waals surface area contributed by atoms with Crippen LogP contribution in [0.4, 0.5) is 0 Å². The van der Waals surface area contributed by atoms with Crippen molar-refractivity contribution in [1.82, 2.24) is 14.9 Å². The van der Waals surface area contributed by atoms with Crippen molar-refractivity contribution in [2.45, 2.75) is 37.8 Å². The molecule has 2 N–H and O–H groups in total. The van der Waals surface area contributed by atoms with E-state index in [9.17, 15) is 9.90 Å². The number of nitrogens with one attached hydrogen (secondary N) is 1. The van der Waals surface area contributed by atoms with Crippen molar-refractivity contribution < 1.29 is 9.90 Å². The number of carbonyl (C=O) groups excluding carboxylic acids is 1. The summed E-state index contributed by atoms with van der Waals surface area (Å²) in [5, 5.41) is 13.0. The lowest BCUT2D eigenvalue weighted by Crippen LogP contribution is -2.43. The summed E-state index contributed by atoms with van der Waals surface area (Å²) in [6.07, 6.45) is 5.83. The standard InChI is InChI=1S/C13H19N3O2S/c17-12(14-8-13(18)4-6-19-9-13)10-7-16-5-2-1-3-11(16)15-10/h7,18H,1-6,8-9H2,(H,14,17). The highest BCUT2D eigenvalue weighted by atomic mass is 32.2. The molecule has 1 aromatic heterocycles. The van der Waals surface area contributed by atoms with Gasteiger partial charge < -0.3 is 15.0 Å². The lowest BCUT2D eigenvalue weighted by Gasteiger charge is -2.21. The average Bonchev–Trinajstić information content (AvgIpc) is 3.02. The second-order valence-corrected chi connectivity index (χ2v) is 6.51. The van der Waals surface area contributed by atoms with Crippen molar-refractivity contribution in [2.24, 2.45) is 0 Å². The lowest BCUT2D eigenvalue weighted by atomic mass is 10.0. The summed E-state index contributed by atoms with van der Waals surface area (Å²) in [6.45, 7) is 1.28. The zero-order valence-electron chi connectivity index (χ0n) is 10.9. The monoisotopic (exact) mass is 281 g/mol. The molecule has 1 unspecified atom stereocenters. The Morgan fingerprint density at radius 3 is 3.21 bits per heavy atom. The summed E-state index contributed by atoms with van der Waals surface area (Å²) in [7, 11) is 0. The van der Waals surface area contributed by atoms with Crippen LogP contribution in [0.5, 0.6) is 0 Å². The van der Waals surface area contributed by atoms with E-state index in [0.717, 1.165) is 43.8 Å². The number of amides is 1. The van der Waals surface area contributed by atoms with Gasteiger partial charge in [0.25, 0.3) is 5.91 Å². The predicted octanol–water partition coefficient (Wildman–Crippen LogP) is 0.817. The zero-order chi connectivity index (χ0) is 13.3. The van der Waals surface area contributed by atoms with Gasteiger partial charge in [0.05, 0.1) is 5.60 Å². The molecule has 0 radical (unpaired) electrons. The minimum absolute atomic E-state index is 0.174. The molecule has 0 aromatic carbocycles. The normalized spacial score (nSPS) is 26.2. The van der Waals surface area contributed by atoms with Crippen LogP contribution in [0.3, 0.4) is 0 Å². The van der Waals surface area contributed by atoms with Gasteiger partial charge in [-0.2, -0.15) is 11.8 Å². The highest BCUT2D eigenvalue weighted by molar-refractivity contribution is 7.99. The van der Waals surface area contributed by atoms with Crippen LogP contribution in [0, 0.1) is 0 Å². The van der Waals surface area contributed by atoms with E-state index in [1.165, 1.54) is 0 Å². The summed E-state index contributed by atoms with van der Waals surface area (Å²) in [6, 6.07) is 0. The predicted molar refractivity (Wildman–Crippen MR) is 74.4 cm³/mol. The van der Waals surface area contributed by atoms with Crippen LogP contribution in [0.1, 0.15) is 35.6 Å². The van der Waals surface area contributed by atoms with Gasteiger partial charge in [0.2, 0.25) is 0 Å². The van der Waals surface area contributed by atoms with Gasteiger partial charge in [-0.05, 0) is 25.0 Å². The Bertz CT molecular complexity index is 457. The molecular weight excluding hydrogens is 262 g/mol. The number of hydrogen-bond donors (Lipinski definition) is 2. The SMILES string of the molecule is O=C(NCC1(O)CCSC1)c1cn2c(n1)CCCC2. The summed E-state index contributed by atoms with van der Waals surface area (Å²) in [5.41, 5.74) is -0.259. The molecule has 1 atom stereocenters. The van der Waals surface area contributed by atoms with E-state index < -0.39 is 5.60 Å². The van der Waals surface area contributed by atoms with E-state index in [1.807, 2.05) is 6.20 Å². The number of aliphatic hydroxyl groups is 1. The van der Waals surface area contributed by atoms with Crippen LogP contribution in [0.15, 0.2) is 6.20 Å². The molecule has 5 nitrogen and oxygen atoms in total. The van der Waals surface area contributed by atoms with Crippen LogP contribution in [0.2, 0.25) is 0 Å².